The largest absolute Gasteiger partial charge is 0.310 e. The molecular formula is C15H21F2N. The monoisotopic (exact) mass is 253 g/mol. The van der Waals surface area contributed by atoms with Crippen LogP contribution < -0.4 is 5.32 Å². The molecule has 0 bridgehead atoms. The van der Waals surface area contributed by atoms with Gasteiger partial charge < -0.3 is 5.32 Å². The Hall–Kier alpha value is -0.960. The number of nitrogens with one attached hydrogen (secondary N) is 1. The minimum Gasteiger partial charge on any atom is -0.310 e. The van der Waals surface area contributed by atoms with E-state index in [1.54, 1.807) is 0 Å². The van der Waals surface area contributed by atoms with Crippen molar-refractivity contribution < 1.29 is 8.78 Å². The van der Waals surface area contributed by atoms with Crippen molar-refractivity contribution in [1.29, 1.82) is 0 Å². The van der Waals surface area contributed by atoms with Gasteiger partial charge in [0.2, 0.25) is 0 Å². The van der Waals surface area contributed by atoms with E-state index in [2.05, 4.69) is 19.2 Å². The van der Waals surface area contributed by atoms with Crippen LogP contribution in [0, 0.1) is 23.5 Å². The van der Waals surface area contributed by atoms with Crippen molar-refractivity contribution in [3.8, 4) is 0 Å². The molecule has 0 spiro atoms. The predicted molar refractivity (Wildman–Crippen MR) is 69.3 cm³/mol. The Morgan fingerprint density at radius 3 is 2.33 bits per heavy atom. The molecule has 0 saturated heterocycles. The summed E-state index contributed by atoms with van der Waals surface area (Å²) in [6.45, 7) is 5.14. The summed E-state index contributed by atoms with van der Waals surface area (Å²) in [7, 11) is 0. The fourth-order valence-corrected chi connectivity index (χ4v) is 2.56. The summed E-state index contributed by atoms with van der Waals surface area (Å²) in [5.74, 6) is 0.149. The number of benzene rings is 1. The lowest BCUT2D eigenvalue weighted by Gasteiger charge is -2.26. The number of hydrogen-bond donors (Lipinski definition) is 1. The van der Waals surface area contributed by atoms with Gasteiger partial charge in [-0.1, -0.05) is 13.8 Å². The highest BCUT2D eigenvalue weighted by Crippen LogP contribution is 2.42. The highest BCUT2D eigenvalue weighted by atomic mass is 19.1. The van der Waals surface area contributed by atoms with Crippen LogP contribution in [0.15, 0.2) is 18.2 Å². The molecule has 100 valence electrons. The molecule has 1 N–H and O–H groups in total. The third-order valence-corrected chi connectivity index (χ3v) is 3.75. The Balaban J connectivity index is 2.20. The molecule has 1 fully saturated rings. The smallest absolute Gasteiger partial charge is 0.126 e. The van der Waals surface area contributed by atoms with Gasteiger partial charge in [0, 0.05) is 12.1 Å². The van der Waals surface area contributed by atoms with E-state index in [9.17, 15) is 8.78 Å². The topological polar surface area (TPSA) is 12.0 Å². The minimum absolute atomic E-state index is 0.0580. The normalized spacial score (nSPS) is 18.7. The fourth-order valence-electron chi connectivity index (χ4n) is 2.56. The van der Waals surface area contributed by atoms with E-state index in [4.69, 9.17) is 0 Å². The lowest BCUT2D eigenvalue weighted by molar-refractivity contribution is 0.347. The van der Waals surface area contributed by atoms with Gasteiger partial charge in [-0.3, -0.25) is 0 Å². The second kappa shape index (κ2) is 5.79. The van der Waals surface area contributed by atoms with Crippen LogP contribution in [0.25, 0.3) is 0 Å². The molecule has 1 aromatic carbocycles. The Labute approximate surface area is 108 Å². The second-order valence-electron chi connectivity index (χ2n) is 5.33. The van der Waals surface area contributed by atoms with Gasteiger partial charge in [0.1, 0.15) is 11.6 Å². The molecule has 1 aromatic rings. The van der Waals surface area contributed by atoms with Crippen LogP contribution in [0.5, 0.6) is 0 Å². The SMILES string of the molecule is CCCNC(c1cc(F)cc(F)c1)C(C)C1CC1. The Bertz CT molecular complexity index is 381. The summed E-state index contributed by atoms with van der Waals surface area (Å²) < 4.78 is 26.6. The quantitative estimate of drug-likeness (QED) is 0.806. The Morgan fingerprint density at radius 1 is 1.22 bits per heavy atom. The molecule has 0 radical (unpaired) electrons. The van der Waals surface area contributed by atoms with Crippen molar-refractivity contribution in [2.75, 3.05) is 6.54 Å². The summed E-state index contributed by atoms with van der Waals surface area (Å²) in [5.41, 5.74) is 0.736. The van der Waals surface area contributed by atoms with Gasteiger partial charge >= 0.3 is 0 Å². The molecule has 0 heterocycles. The van der Waals surface area contributed by atoms with Crippen LogP contribution in [-0.4, -0.2) is 6.54 Å². The molecule has 3 heteroatoms. The number of hydrogen-bond acceptors (Lipinski definition) is 1. The van der Waals surface area contributed by atoms with E-state index >= 15 is 0 Å². The molecule has 2 rings (SSSR count). The molecular weight excluding hydrogens is 232 g/mol. The molecule has 0 aliphatic heterocycles. The van der Waals surface area contributed by atoms with Crippen molar-refractivity contribution in [3.05, 3.63) is 35.4 Å². The van der Waals surface area contributed by atoms with Gasteiger partial charge in [-0.25, -0.2) is 8.78 Å². The van der Waals surface area contributed by atoms with E-state index in [1.807, 2.05) is 0 Å². The van der Waals surface area contributed by atoms with Gasteiger partial charge in [-0.05, 0) is 55.3 Å². The van der Waals surface area contributed by atoms with Crippen molar-refractivity contribution in [2.45, 2.75) is 39.2 Å². The molecule has 2 unspecified atom stereocenters. The average Bonchev–Trinajstić information content (AvgIpc) is 3.11. The van der Waals surface area contributed by atoms with Crippen molar-refractivity contribution in [2.24, 2.45) is 11.8 Å². The van der Waals surface area contributed by atoms with Gasteiger partial charge in [0.25, 0.3) is 0 Å². The first-order valence-corrected chi connectivity index (χ1v) is 6.81. The Kier molecular flexibility index (Phi) is 4.33. The molecule has 1 aliphatic carbocycles. The standard InChI is InChI=1S/C15H21F2N/c1-3-6-18-15(10(2)11-4-5-11)12-7-13(16)9-14(17)8-12/h7-11,15,18H,3-6H2,1-2H3. The molecule has 0 amide bonds. The predicted octanol–water partition coefficient (Wildman–Crippen LogP) is 4.05. The third-order valence-electron chi connectivity index (χ3n) is 3.75. The average molecular weight is 253 g/mol. The summed E-state index contributed by atoms with van der Waals surface area (Å²) in [6.07, 6.45) is 3.50. The maximum Gasteiger partial charge on any atom is 0.126 e. The molecule has 2 atom stereocenters. The lowest BCUT2D eigenvalue weighted by atomic mass is 9.90. The van der Waals surface area contributed by atoms with Crippen LogP contribution in [-0.2, 0) is 0 Å². The van der Waals surface area contributed by atoms with E-state index in [0.717, 1.165) is 24.6 Å². The summed E-state index contributed by atoms with van der Waals surface area (Å²) in [5, 5.41) is 3.43. The summed E-state index contributed by atoms with van der Waals surface area (Å²) in [6, 6.07) is 3.90. The Morgan fingerprint density at radius 2 is 1.83 bits per heavy atom. The van der Waals surface area contributed by atoms with E-state index in [0.29, 0.717) is 11.8 Å². The van der Waals surface area contributed by atoms with Crippen LogP contribution in [0.2, 0.25) is 0 Å². The van der Waals surface area contributed by atoms with Crippen molar-refractivity contribution in [1.82, 2.24) is 5.32 Å². The summed E-state index contributed by atoms with van der Waals surface area (Å²) >= 11 is 0. The highest BCUT2D eigenvalue weighted by molar-refractivity contribution is 5.22. The van der Waals surface area contributed by atoms with Crippen molar-refractivity contribution >= 4 is 0 Å². The first-order chi connectivity index (χ1) is 8.61. The summed E-state index contributed by atoms with van der Waals surface area (Å²) in [4.78, 5) is 0. The zero-order valence-corrected chi connectivity index (χ0v) is 11.0. The van der Waals surface area contributed by atoms with Gasteiger partial charge in [-0.2, -0.15) is 0 Å². The van der Waals surface area contributed by atoms with E-state index in [-0.39, 0.29) is 6.04 Å². The molecule has 0 aromatic heterocycles. The lowest BCUT2D eigenvalue weighted by Crippen LogP contribution is -2.29. The van der Waals surface area contributed by atoms with Crippen LogP contribution in [0.1, 0.15) is 44.7 Å². The molecule has 1 nitrogen and oxygen atoms in total. The molecule has 18 heavy (non-hydrogen) atoms. The molecule has 1 saturated carbocycles. The van der Waals surface area contributed by atoms with Gasteiger partial charge in [0.05, 0.1) is 0 Å². The van der Waals surface area contributed by atoms with Crippen molar-refractivity contribution in [3.63, 3.8) is 0 Å². The number of rotatable bonds is 6. The van der Waals surface area contributed by atoms with Gasteiger partial charge in [0.15, 0.2) is 0 Å². The van der Waals surface area contributed by atoms with Crippen LogP contribution in [0.3, 0.4) is 0 Å². The van der Waals surface area contributed by atoms with Gasteiger partial charge in [-0.15, -0.1) is 0 Å². The minimum atomic E-state index is -0.490. The zero-order valence-electron chi connectivity index (χ0n) is 11.0. The fraction of sp³-hybridized carbons (Fsp3) is 0.600. The third kappa shape index (κ3) is 3.29. The zero-order chi connectivity index (χ0) is 13.1. The van der Waals surface area contributed by atoms with Crippen LogP contribution in [0.4, 0.5) is 8.78 Å². The maximum atomic E-state index is 13.3. The first-order valence-electron chi connectivity index (χ1n) is 6.81. The molecule has 1 aliphatic rings. The van der Waals surface area contributed by atoms with Crippen LogP contribution >= 0.6 is 0 Å². The maximum absolute atomic E-state index is 13.3. The van der Waals surface area contributed by atoms with E-state index < -0.39 is 11.6 Å². The second-order valence-corrected chi connectivity index (χ2v) is 5.33. The highest BCUT2D eigenvalue weighted by Gasteiger charge is 2.34. The first kappa shape index (κ1) is 13.5. The van der Waals surface area contributed by atoms with E-state index in [1.165, 1.54) is 25.0 Å². The number of halogens is 2.